The van der Waals surface area contributed by atoms with Gasteiger partial charge in [0.05, 0.1) is 18.1 Å². The molecule has 0 radical (unpaired) electrons. The van der Waals surface area contributed by atoms with Crippen molar-refractivity contribution in [1.82, 2.24) is 4.98 Å². The Labute approximate surface area is 108 Å². The average Bonchev–Trinajstić information content (AvgIpc) is 2.97. The van der Waals surface area contributed by atoms with Crippen LogP contribution >= 0.6 is 11.3 Å². The number of benzene rings is 1. The molecule has 1 N–H and O–H groups in total. The van der Waals surface area contributed by atoms with E-state index in [0.29, 0.717) is 18.3 Å². The lowest BCUT2D eigenvalue weighted by Crippen LogP contribution is -2.13. The topological polar surface area (TPSA) is 68.3 Å². The van der Waals surface area contributed by atoms with Crippen molar-refractivity contribution in [3.63, 3.8) is 0 Å². The first-order valence-electron chi connectivity index (χ1n) is 5.27. The van der Waals surface area contributed by atoms with Gasteiger partial charge in [0.15, 0.2) is 5.13 Å². The number of sulfonamides is 1. The molecular formula is C11H10N2O3S2. The highest BCUT2D eigenvalue weighted by Crippen LogP contribution is 2.24. The Morgan fingerprint density at radius 3 is 2.89 bits per heavy atom. The molecule has 5 nitrogen and oxygen atoms in total. The summed E-state index contributed by atoms with van der Waals surface area (Å²) in [5, 5.41) is 2.08. The number of nitrogens with zero attached hydrogens (tertiary/aromatic N) is 1. The van der Waals surface area contributed by atoms with Crippen LogP contribution in [0.3, 0.4) is 0 Å². The maximum Gasteiger partial charge on any atom is 0.263 e. The first-order chi connectivity index (χ1) is 8.65. The maximum atomic E-state index is 12.1. The molecule has 3 rings (SSSR count). The molecule has 1 aliphatic rings. The van der Waals surface area contributed by atoms with Gasteiger partial charge in [-0.2, -0.15) is 0 Å². The summed E-state index contributed by atoms with van der Waals surface area (Å²) < 4.78 is 31.9. The highest BCUT2D eigenvalue weighted by molar-refractivity contribution is 7.93. The van der Waals surface area contributed by atoms with Crippen molar-refractivity contribution in [2.24, 2.45) is 0 Å². The number of ether oxygens (including phenoxy) is 1. The molecule has 0 spiro atoms. The number of aromatic nitrogens is 1. The zero-order chi connectivity index (χ0) is 12.6. The van der Waals surface area contributed by atoms with Crippen molar-refractivity contribution in [1.29, 1.82) is 0 Å². The van der Waals surface area contributed by atoms with Crippen LogP contribution in [0.1, 0.15) is 11.1 Å². The number of hydrogen-bond acceptors (Lipinski definition) is 5. The van der Waals surface area contributed by atoms with Gasteiger partial charge in [0.1, 0.15) is 0 Å². The Balaban J connectivity index is 1.94. The van der Waals surface area contributed by atoms with Crippen LogP contribution in [0, 0.1) is 0 Å². The lowest BCUT2D eigenvalue weighted by molar-refractivity contribution is 0.134. The van der Waals surface area contributed by atoms with Crippen LogP contribution in [0.2, 0.25) is 0 Å². The normalized spacial score (nSPS) is 14.4. The van der Waals surface area contributed by atoms with Gasteiger partial charge in [-0.15, -0.1) is 11.3 Å². The van der Waals surface area contributed by atoms with Crippen molar-refractivity contribution < 1.29 is 13.2 Å². The molecule has 2 heterocycles. The minimum absolute atomic E-state index is 0.238. The van der Waals surface area contributed by atoms with Gasteiger partial charge < -0.3 is 4.74 Å². The van der Waals surface area contributed by atoms with Crippen LogP contribution in [0.15, 0.2) is 34.7 Å². The standard InChI is InChI=1S/C11H10N2O3S2/c14-18(15,13-11-12-3-4-17-11)10-2-1-8-6-16-7-9(8)5-10/h1-5H,6-7H2,(H,12,13). The molecular weight excluding hydrogens is 272 g/mol. The fraction of sp³-hybridized carbons (Fsp3) is 0.182. The van der Waals surface area contributed by atoms with Gasteiger partial charge in [-0.05, 0) is 23.3 Å². The van der Waals surface area contributed by atoms with E-state index in [-0.39, 0.29) is 4.90 Å². The Bertz CT molecular complexity index is 666. The molecule has 1 aromatic carbocycles. The van der Waals surface area contributed by atoms with Crippen molar-refractivity contribution in [2.45, 2.75) is 18.1 Å². The molecule has 0 saturated heterocycles. The molecule has 0 aliphatic carbocycles. The van der Waals surface area contributed by atoms with Crippen molar-refractivity contribution >= 4 is 26.5 Å². The van der Waals surface area contributed by atoms with Gasteiger partial charge in [0, 0.05) is 11.6 Å². The summed E-state index contributed by atoms with van der Waals surface area (Å²) in [6, 6.07) is 5.03. The molecule has 0 amide bonds. The third-order valence-corrected chi connectivity index (χ3v) is 4.81. The van der Waals surface area contributed by atoms with Crippen LogP contribution in [0.5, 0.6) is 0 Å². The molecule has 2 aromatic rings. The Morgan fingerprint density at radius 1 is 1.28 bits per heavy atom. The van der Waals surface area contributed by atoms with Crippen LogP contribution in [-0.4, -0.2) is 13.4 Å². The SMILES string of the molecule is O=S(=O)(Nc1nccs1)c1ccc2c(c1)COC2. The Kier molecular flexibility index (Phi) is 2.81. The monoisotopic (exact) mass is 282 g/mol. The third kappa shape index (κ3) is 2.12. The summed E-state index contributed by atoms with van der Waals surface area (Å²) in [4.78, 5) is 4.14. The molecule has 0 bridgehead atoms. The summed E-state index contributed by atoms with van der Waals surface area (Å²) >= 11 is 1.24. The summed E-state index contributed by atoms with van der Waals surface area (Å²) in [6.45, 7) is 1.02. The van der Waals surface area contributed by atoms with Gasteiger partial charge in [-0.1, -0.05) is 6.07 Å². The fourth-order valence-corrected chi connectivity index (χ4v) is 3.60. The van der Waals surface area contributed by atoms with Crippen LogP contribution in [0.25, 0.3) is 0 Å². The molecule has 94 valence electrons. The van der Waals surface area contributed by atoms with E-state index in [4.69, 9.17) is 4.74 Å². The van der Waals surface area contributed by atoms with Crippen molar-refractivity contribution in [3.05, 3.63) is 40.9 Å². The van der Waals surface area contributed by atoms with Gasteiger partial charge in [-0.25, -0.2) is 13.4 Å². The molecule has 0 atom stereocenters. The zero-order valence-electron chi connectivity index (χ0n) is 9.29. The van der Waals surface area contributed by atoms with E-state index in [9.17, 15) is 8.42 Å². The minimum Gasteiger partial charge on any atom is -0.372 e. The number of hydrogen-bond donors (Lipinski definition) is 1. The van der Waals surface area contributed by atoms with E-state index in [1.807, 2.05) is 0 Å². The highest BCUT2D eigenvalue weighted by Gasteiger charge is 2.19. The smallest absolute Gasteiger partial charge is 0.263 e. The number of rotatable bonds is 3. The van der Waals surface area contributed by atoms with Gasteiger partial charge in [-0.3, -0.25) is 4.72 Å². The Morgan fingerprint density at radius 2 is 2.11 bits per heavy atom. The summed E-state index contributed by atoms with van der Waals surface area (Å²) in [7, 11) is -3.56. The number of thiazole rings is 1. The fourth-order valence-electron chi connectivity index (χ4n) is 1.76. The number of nitrogens with one attached hydrogen (secondary N) is 1. The minimum atomic E-state index is -3.56. The largest absolute Gasteiger partial charge is 0.372 e. The first kappa shape index (κ1) is 11.6. The lowest BCUT2D eigenvalue weighted by Gasteiger charge is -2.06. The molecule has 18 heavy (non-hydrogen) atoms. The predicted molar refractivity (Wildman–Crippen MR) is 67.9 cm³/mol. The highest BCUT2D eigenvalue weighted by atomic mass is 32.2. The second-order valence-corrected chi connectivity index (χ2v) is 6.44. The second kappa shape index (κ2) is 4.34. The quantitative estimate of drug-likeness (QED) is 0.934. The van der Waals surface area contributed by atoms with E-state index in [1.165, 1.54) is 11.3 Å². The average molecular weight is 282 g/mol. The van der Waals surface area contributed by atoms with Crippen molar-refractivity contribution in [2.75, 3.05) is 4.72 Å². The van der Waals surface area contributed by atoms with Crippen LogP contribution < -0.4 is 4.72 Å². The van der Waals surface area contributed by atoms with Gasteiger partial charge in [0.2, 0.25) is 0 Å². The molecule has 0 saturated carbocycles. The maximum absolute atomic E-state index is 12.1. The molecule has 1 aromatic heterocycles. The van der Waals surface area contributed by atoms with E-state index in [0.717, 1.165) is 11.1 Å². The van der Waals surface area contributed by atoms with Gasteiger partial charge >= 0.3 is 0 Å². The van der Waals surface area contributed by atoms with E-state index < -0.39 is 10.0 Å². The molecule has 0 unspecified atom stereocenters. The summed E-state index contributed by atoms with van der Waals surface area (Å²) in [5.74, 6) is 0. The second-order valence-electron chi connectivity index (χ2n) is 3.87. The third-order valence-electron chi connectivity index (χ3n) is 2.66. The lowest BCUT2D eigenvalue weighted by atomic mass is 10.1. The zero-order valence-corrected chi connectivity index (χ0v) is 10.9. The summed E-state index contributed by atoms with van der Waals surface area (Å²) in [6.07, 6.45) is 1.55. The van der Waals surface area contributed by atoms with Crippen molar-refractivity contribution in [3.8, 4) is 0 Å². The van der Waals surface area contributed by atoms with E-state index in [2.05, 4.69) is 9.71 Å². The number of anilines is 1. The molecule has 7 heteroatoms. The van der Waals surface area contributed by atoms with E-state index >= 15 is 0 Å². The molecule has 0 fully saturated rings. The first-order valence-corrected chi connectivity index (χ1v) is 7.63. The van der Waals surface area contributed by atoms with Gasteiger partial charge in [0.25, 0.3) is 10.0 Å². The number of fused-ring (bicyclic) bond motifs is 1. The predicted octanol–water partition coefficient (Wildman–Crippen LogP) is 1.97. The van der Waals surface area contributed by atoms with Crippen LogP contribution in [-0.2, 0) is 28.0 Å². The molecule has 1 aliphatic heterocycles. The van der Waals surface area contributed by atoms with E-state index in [1.54, 1.807) is 29.8 Å². The summed E-state index contributed by atoms with van der Waals surface area (Å²) in [5.41, 5.74) is 1.97. The van der Waals surface area contributed by atoms with Crippen LogP contribution in [0.4, 0.5) is 5.13 Å². The Hall–Kier alpha value is -1.44.